The van der Waals surface area contributed by atoms with Gasteiger partial charge in [0.2, 0.25) is 5.91 Å². The van der Waals surface area contributed by atoms with Gasteiger partial charge in [-0.25, -0.2) is 14.2 Å². The number of amides is 1. The van der Waals surface area contributed by atoms with Gasteiger partial charge in [-0.05, 0) is 24.5 Å². The molecule has 0 aliphatic rings. The summed E-state index contributed by atoms with van der Waals surface area (Å²) in [6, 6.07) is 5.38. The molecule has 5 nitrogen and oxygen atoms in total. The number of benzene rings is 1. The van der Waals surface area contributed by atoms with Crippen molar-refractivity contribution >= 4 is 23.2 Å². The number of nitrogens with one attached hydrogen (secondary N) is 1. The van der Waals surface area contributed by atoms with Crippen molar-refractivity contribution in [3.63, 3.8) is 0 Å². The van der Waals surface area contributed by atoms with Crippen LogP contribution in [0, 0.1) is 11.7 Å². The highest BCUT2D eigenvalue weighted by Crippen LogP contribution is 2.26. The van der Waals surface area contributed by atoms with Gasteiger partial charge in [-0.2, -0.15) is 0 Å². The van der Waals surface area contributed by atoms with Crippen LogP contribution in [0.25, 0.3) is 10.6 Å². The number of carboxylic acid groups (broad SMARTS) is 1. The molecule has 1 amide bonds. The standard InChI is InChI=1S/C17H19FN2O3S/c1-10(2)7-14(17(22)23)20-15(21)8-11-9-24-16(19-11)12-5-3-4-6-13(12)18/h3-6,9-10,14H,7-8H2,1-2H3,(H,20,21)(H,22,23)/t14-/m1/s1. The maximum Gasteiger partial charge on any atom is 0.326 e. The maximum atomic E-state index is 13.8. The lowest BCUT2D eigenvalue weighted by Gasteiger charge is -2.16. The molecule has 24 heavy (non-hydrogen) atoms. The number of carboxylic acids is 1. The molecule has 0 aliphatic carbocycles. The van der Waals surface area contributed by atoms with E-state index in [1.54, 1.807) is 23.6 Å². The number of hydrogen-bond donors (Lipinski definition) is 2. The topological polar surface area (TPSA) is 79.3 Å². The molecular formula is C17H19FN2O3S. The summed E-state index contributed by atoms with van der Waals surface area (Å²) in [5, 5.41) is 13.8. The number of nitrogens with zero attached hydrogens (tertiary/aromatic N) is 1. The van der Waals surface area contributed by atoms with Gasteiger partial charge >= 0.3 is 5.97 Å². The summed E-state index contributed by atoms with van der Waals surface area (Å²) >= 11 is 1.25. The van der Waals surface area contributed by atoms with E-state index >= 15 is 0 Å². The first-order valence-corrected chi connectivity index (χ1v) is 8.46. The van der Waals surface area contributed by atoms with E-state index < -0.39 is 17.9 Å². The average Bonchev–Trinajstić information content (AvgIpc) is 2.94. The van der Waals surface area contributed by atoms with Crippen LogP contribution in [0.1, 0.15) is 26.0 Å². The van der Waals surface area contributed by atoms with Crippen molar-refractivity contribution in [1.29, 1.82) is 0 Å². The third-order valence-electron chi connectivity index (χ3n) is 3.34. The minimum atomic E-state index is -1.05. The quantitative estimate of drug-likeness (QED) is 0.804. The molecule has 0 radical (unpaired) electrons. The molecule has 0 saturated heterocycles. The average molecular weight is 350 g/mol. The summed E-state index contributed by atoms with van der Waals surface area (Å²) in [6.45, 7) is 3.78. The van der Waals surface area contributed by atoms with Crippen molar-refractivity contribution in [1.82, 2.24) is 10.3 Å². The number of thiazole rings is 1. The van der Waals surface area contributed by atoms with Crippen molar-refractivity contribution in [3.8, 4) is 10.6 Å². The smallest absolute Gasteiger partial charge is 0.326 e. The van der Waals surface area contributed by atoms with Crippen LogP contribution in [-0.2, 0) is 16.0 Å². The van der Waals surface area contributed by atoms with Crippen molar-refractivity contribution in [2.45, 2.75) is 32.7 Å². The highest BCUT2D eigenvalue weighted by molar-refractivity contribution is 7.13. The molecule has 0 fully saturated rings. The van der Waals surface area contributed by atoms with Crippen molar-refractivity contribution in [2.24, 2.45) is 5.92 Å². The zero-order valence-corrected chi connectivity index (χ0v) is 14.3. The Labute approximate surface area is 143 Å². The van der Waals surface area contributed by atoms with Crippen LogP contribution in [0.2, 0.25) is 0 Å². The number of halogens is 1. The minimum Gasteiger partial charge on any atom is -0.480 e. The number of hydrogen-bond acceptors (Lipinski definition) is 4. The summed E-state index contributed by atoms with van der Waals surface area (Å²) < 4.78 is 13.8. The molecule has 0 saturated carbocycles. The fourth-order valence-electron chi connectivity index (χ4n) is 2.25. The van der Waals surface area contributed by atoms with E-state index in [1.807, 2.05) is 13.8 Å². The molecule has 1 aromatic carbocycles. The molecule has 1 aromatic heterocycles. The summed E-state index contributed by atoms with van der Waals surface area (Å²) in [5.74, 6) is -1.68. The predicted octanol–water partition coefficient (Wildman–Crippen LogP) is 3.11. The lowest BCUT2D eigenvalue weighted by molar-refractivity contribution is -0.142. The summed E-state index contributed by atoms with van der Waals surface area (Å²) in [4.78, 5) is 27.5. The molecule has 0 aliphatic heterocycles. The van der Waals surface area contributed by atoms with E-state index in [9.17, 15) is 14.0 Å². The van der Waals surface area contributed by atoms with Gasteiger partial charge in [0.05, 0.1) is 12.1 Å². The van der Waals surface area contributed by atoms with E-state index in [-0.39, 0.29) is 18.2 Å². The molecule has 128 valence electrons. The minimum absolute atomic E-state index is 0.0349. The van der Waals surface area contributed by atoms with Gasteiger partial charge < -0.3 is 10.4 Å². The number of carbonyl (C=O) groups is 2. The monoisotopic (exact) mass is 350 g/mol. The van der Waals surface area contributed by atoms with Crippen LogP contribution in [0.15, 0.2) is 29.6 Å². The lowest BCUT2D eigenvalue weighted by Crippen LogP contribution is -2.42. The van der Waals surface area contributed by atoms with Crippen LogP contribution in [0.4, 0.5) is 4.39 Å². The molecule has 1 atom stereocenters. The molecule has 2 rings (SSSR count). The fraction of sp³-hybridized carbons (Fsp3) is 0.353. The first-order valence-electron chi connectivity index (χ1n) is 7.58. The number of aliphatic carboxylic acids is 1. The second-order valence-electron chi connectivity index (χ2n) is 5.89. The summed E-state index contributed by atoms with van der Waals surface area (Å²) in [7, 11) is 0. The first kappa shape index (κ1) is 18.1. The molecular weight excluding hydrogens is 331 g/mol. The maximum absolute atomic E-state index is 13.8. The third-order valence-corrected chi connectivity index (χ3v) is 4.26. The molecule has 0 spiro atoms. The Morgan fingerprint density at radius 1 is 1.33 bits per heavy atom. The number of carbonyl (C=O) groups excluding carboxylic acids is 1. The third kappa shape index (κ3) is 4.86. The van der Waals surface area contributed by atoms with Crippen molar-refractivity contribution in [2.75, 3.05) is 0 Å². The number of aromatic nitrogens is 1. The van der Waals surface area contributed by atoms with Crippen LogP contribution in [0.5, 0.6) is 0 Å². The zero-order chi connectivity index (χ0) is 17.7. The van der Waals surface area contributed by atoms with Gasteiger partial charge in [0.15, 0.2) is 0 Å². The molecule has 0 bridgehead atoms. The van der Waals surface area contributed by atoms with Gasteiger partial charge in [0.25, 0.3) is 0 Å². The van der Waals surface area contributed by atoms with Gasteiger partial charge in [0, 0.05) is 10.9 Å². The highest BCUT2D eigenvalue weighted by Gasteiger charge is 2.21. The van der Waals surface area contributed by atoms with Gasteiger partial charge in [-0.1, -0.05) is 26.0 Å². The molecule has 7 heteroatoms. The SMILES string of the molecule is CC(C)C[C@@H](NC(=O)Cc1csc(-c2ccccc2F)n1)C(=O)O. The molecule has 2 N–H and O–H groups in total. The lowest BCUT2D eigenvalue weighted by atomic mass is 10.0. The Hall–Kier alpha value is -2.28. The van der Waals surface area contributed by atoms with E-state index in [1.165, 1.54) is 17.4 Å². The summed E-state index contributed by atoms with van der Waals surface area (Å²) in [6.07, 6.45) is 0.325. The Morgan fingerprint density at radius 3 is 2.67 bits per heavy atom. The van der Waals surface area contributed by atoms with Crippen LogP contribution in [-0.4, -0.2) is 28.0 Å². The molecule has 2 aromatic rings. The van der Waals surface area contributed by atoms with Crippen LogP contribution >= 0.6 is 11.3 Å². The van der Waals surface area contributed by atoms with Crippen LogP contribution < -0.4 is 5.32 Å². The van der Waals surface area contributed by atoms with Gasteiger partial charge in [-0.15, -0.1) is 11.3 Å². The Kier molecular flexibility index (Phi) is 6.03. The van der Waals surface area contributed by atoms with Gasteiger partial charge in [-0.3, -0.25) is 4.79 Å². The summed E-state index contributed by atoms with van der Waals surface area (Å²) in [5.41, 5.74) is 0.877. The molecule has 0 unspecified atom stereocenters. The predicted molar refractivity (Wildman–Crippen MR) is 90.2 cm³/mol. The van der Waals surface area contributed by atoms with Gasteiger partial charge in [0.1, 0.15) is 16.9 Å². The van der Waals surface area contributed by atoms with E-state index in [4.69, 9.17) is 5.11 Å². The van der Waals surface area contributed by atoms with E-state index in [0.717, 1.165) is 0 Å². The second-order valence-corrected chi connectivity index (χ2v) is 6.75. The normalized spacial score (nSPS) is 12.2. The van der Waals surface area contributed by atoms with E-state index in [2.05, 4.69) is 10.3 Å². The zero-order valence-electron chi connectivity index (χ0n) is 13.5. The Bertz CT molecular complexity index is 730. The number of rotatable bonds is 7. The van der Waals surface area contributed by atoms with Crippen LogP contribution in [0.3, 0.4) is 0 Å². The highest BCUT2D eigenvalue weighted by atomic mass is 32.1. The largest absolute Gasteiger partial charge is 0.480 e. The first-order chi connectivity index (χ1) is 11.4. The molecule has 1 heterocycles. The van der Waals surface area contributed by atoms with E-state index in [0.29, 0.717) is 22.7 Å². The van der Waals surface area contributed by atoms with Crippen molar-refractivity contribution in [3.05, 3.63) is 41.2 Å². The fourth-order valence-corrected chi connectivity index (χ4v) is 3.10. The Morgan fingerprint density at radius 2 is 2.04 bits per heavy atom. The second kappa shape index (κ2) is 8.01. The van der Waals surface area contributed by atoms with Crippen molar-refractivity contribution < 1.29 is 19.1 Å². The Balaban J connectivity index is 2.02.